The van der Waals surface area contributed by atoms with Crippen molar-refractivity contribution < 1.29 is 37.3 Å². The van der Waals surface area contributed by atoms with Crippen LogP contribution in [0.1, 0.15) is 32.6 Å². The van der Waals surface area contributed by atoms with Gasteiger partial charge in [-0.1, -0.05) is 66.7 Å². The van der Waals surface area contributed by atoms with E-state index in [-0.39, 0.29) is 18.6 Å². The molecule has 0 spiro atoms. The Balaban J connectivity index is 1.50. The summed E-state index contributed by atoms with van der Waals surface area (Å²) in [6.07, 6.45) is -4.64. The maximum atomic E-state index is 12.8. The van der Waals surface area contributed by atoms with Crippen molar-refractivity contribution in [2.24, 2.45) is 0 Å². The Morgan fingerprint density at radius 2 is 1.27 bits per heavy atom. The van der Waals surface area contributed by atoms with Crippen LogP contribution in [0, 0.1) is 0 Å². The van der Waals surface area contributed by atoms with E-state index in [1.54, 1.807) is 18.2 Å². The van der Waals surface area contributed by atoms with Gasteiger partial charge in [-0.15, -0.1) is 0 Å². The number of carbonyl (C=O) groups is 2. The van der Waals surface area contributed by atoms with Crippen molar-refractivity contribution in [1.82, 2.24) is 5.32 Å². The minimum atomic E-state index is -4.55. The van der Waals surface area contributed by atoms with E-state index in [0.29, 0.717) is 23.7 Å². The summed E-state index contributed by atoms with van der Waals surface area (Å²) >= 11 is 0. The first-order valence-electron chi connectivity index (χ1n) is 12.4. The van der Waals surface area contributed by atoms with Gasteiger partial charge in [-0.05, 0) is 53.1 Å². The lowest BCUT2D eigenvalue weighted by atomic mass is 10.0. The quantitative estimate of drug-likeness (QED) is 0.230. The van der Waals surface area contributed by atoms with E-state index in [9.17, 15) is 27.9 Å². The third kappa shape index (κ3) is 7.86. The number of hydrogen-bond acceptors (Lipinski definition) is 4. The van der Waals surface area contributed by atoms with Gasteiger partial charge in [0.05, 0.1) is 5.56 Å². The molecule has 2 N–H and O–H groups in total. The van der Waals surface area contributed by atoms with Crippen LogP contribution in [-0.4, -0.2) is 23.0 Å². The normalized spacial score (nSPS) is 11.9. The van der Waals surface area contributed by atoms with Crippen LogP contribution in [0.2, 0.25) is 0 Å². The summed E-state index contributed by atoms with van der Waals surface area (Å²) < 4.78 is 50.5. The molecule has 4 aromatic rings. The number of ether oxygens (including phenoxy) is 2. The van der Waals surface area contributed by atoms with E-state index in [1.807, 2.05) is 60.7 Å². The molecule has 0 heterocycles. The number of benzene rings is 4. The van der Waals surface area contributed by atoms with Crippen LogP contribution in [0.25, 0.3) is 0 Å². The Bertz CT molecular complexity index is 1430. The van der Waals surface area contributed by atoms with Gasteiger partial charge in [-0.3, -0.25) is 4.79 Å². The Morgan fingerprint density at radius 1 is 0.725 bits per heavy atom. The molecule has 0 aliphatic rings. The Hall–Kier alpha value is -4.79. The van der Waals surface area contributed by atoms with Crippen LogP contribution in [0.5, 0.6) is 11.5 Å². The molecule has 4 rings (SSSR count). The molecule has 0 aliphatic carbocycles. The SMILES string of the molecule is O=C(N[C@@H](Cc1ccc(OCc2ccccc2)c(OCc2ccccc2)c1)C(=O)O)c1ccc(C(F)(F)F)cc1. The average Bonchev–Trinajstić information content (AvgIpc) is 2.95. The van der Waals surface area contributed by atoms with Crippen molar-refractivity contribution in [2.45, 2.75) is 31.9 Å². The van der Waals surface area contributed by atoms with Crippen molar-refractivity contribution in [1.29, 1.82) is 0 Å². The molecular weight excluding hydrogens is 523 g/mol. The van der Waals surface area contributed by atoms with Gasteiger partial charge in [0.2, 0.25) is 0 Å². The summed E-state index contributed by atoms with van der Waals surface area (Å²) in [7, 11) is 0. The zero-order valence-corrected chi connectivity index (χ0v) is 21.2. The third-order valence-electron chi connectivity index (χ3n) is 6.00. The number of nitrogens with one attached hydrogen (secondary N) is 1. The third-order valence-corrected chi connectivity index (χ3v) is 6.00. The van der Waals surface area contributed by atoms with Crippen LogP contribution in [0.4, 0.5) is 13.2 Å². The van der Waals surface area contributed by atoms with Gasteiger partial charge in [0, 0.05) is 12.0 Å². The van der Waals surface area contributed by atoms with E-state index < -0.39 is 29.7 Å². The lowest BCUT2D eigenvalue weighted by molar-refractivity contribution is -0.139. The first-order valence-corrected chi connectivity index (χ1v) is 12.4. The van der Waals surface area contributed by atoms with E-state index in [4.69, 9.17) is 9.47 Å². The van der Waals surface area contributed by atoms with Gasteiger partial charge < -0.3 is 19.9 Å². The molecule has 1 amide bonds. The Labute approximate surface area is 229 Å². The van der Waals surface area contributed by atoms with E-state index >= 15 is 0 Å². The summed E-state index contributed by atoms with van der Waals surface area (Å²) in [6.45, 7) is 0.543. The first kappa shape index (κ1) is 28.2. The molecule has 0 aliphatic heterocycles. The number of rotatable bonds is 11. The van der Waals surface area contributed by atoms with Crippen molar-refractivity contribution in [3.8, 4) is 11.5 Å². The molecule has 0 saturated heterocycles. The van der Waals surface area contributed by atoms with Gasteiger partial charge in [0.25, 0.3) is 5.91 Å². The maximum Gasteiger partial charge on any atom is 0.416 e. The lowest BCUT2D eigenvalue weighted by Gasteiger charge is -2.18. The number of halogens is 3. The smallest absolute Gasteiger partial charge is 0.416 e. The lowest BCUT2D eigenvalue weighted by Crippen LogP contribution is -2.42. The number of aliphatic carboxylic acids is 1. The standard InChI is InChI=1S/C31H26F3NO5/c32-31(33,34)25-14-12-24(13-15-25)29(36)35-26(30(37)38)17-23-11-16-27(39-19-21-7-3-1-4-8-21)28(18-23)40-20-22-9-5-2-6-10-22/h1-16,18,26H,17,19-20H2,(H,35,36)(H,37,38)/t26-/m0/s1. The molecule has 40 heavy (non-hydrogen) atoms. The molecule has 4 aromatic carbocycles. The van der Waals surface area contributed by atoms with Crippen molar-refractivity contribution in [2.75, 3.05) is 0 Å². The fraction of sp³-hybridized carbons (Fsp3) is 0.161. The first-order chi connectivity index (χ1) is 19.2. The number of amides is 1. The highest BCUT2D eigenvalue weighted by Crippen LogP contribution is 2.31. The minimum absolute atomic E-state index is 0.0872. The zero-order chi connectivity index (χ0) is 28.5. The minimum Gasteiger partial charge on any atom is -0.485 e. The zero-order valence-electron chi connectivity index (χ0n) is 21.2. The largest absolute Gasteiger partial charge is 0.485 e. The van der Waals surface area contributed by atoms with Gasteiger partial charge in [0.1, 0.15) is 19.3 Å². The predicted octanol–water partition coefficient (Wildman–Crippen LogP) is 6.29. The van der Waals surface area contributed by atoms with Crippen LogP contribution >= 0.6 is 0 Å². The maximum absolute atomic E-state index is 12.8. The Kier molecular flexibility index (Phi) is 9.06. The summed E-state index contributed by atoms with van der Waals surface area (Å²) in [5.74, 6) is -1.24. The van der Waals surface area contributed by atoms with E-state index in [1.165, 1.54) is 0 Å². The molecule has 0 unspecified atom stereocenters. The molecule has 6 nitrogen and oxygen atoms in total. The highest BCUT2D eigenvalue weighted by molar-refractivity contribution is 5.96. The summed E-state index contributed by atoms with van der Waals surface area (Å²) in [4.78, 5) is 24.6. The van der Waals surface area contributed by atoms with Crippen LogP contribution < -0.4 is 14.8 Å². The van der Waals surface area contributed by atoms with Gasteiger partial charge in [0.15, 0.2) is 11.5 Å². The molecule has 0 fully saturated rings. The number of alkyl halides is 3. The topological polar surface area (TPSA) is 84.9 Å². The van der Waals surface area contributed by atoms with Crippen LogP contribution in [0.15, 0.2) is 103 Å². The number of hydrogen-bond donors (Lipinski definition) is 2. The van der Waals surface area contributed by atoms with Crippen molar-refractivity contribution in [3.05, 3.63) is 131 Å². The average molecular weight is 550 g/mol. The molecule has 9 heteroatoms. The molecule has 0 radical (unpaired) electrons. The second-order valence-electron chi connectivity index (χ2n) is 8.97. The van der Waals surface area contributed by atoms with Crippen LogP contribution in [0.3, 0.4) is 0 Å². The van der Waals surface area contributed by atoms with Crippen molar-refractivity contribution >= 4 is 11.9 Å². The number of carboxylic acid groups (broad SMARTS) is 1. The molecule has 0 aromatic heterocycles. The van der Waals surface area contributed by atoms with Gasteiger partial charge in [-0.25, -0.2) is 4.79 Å². The summed E-state index contributed by atoms with van der Waals surface area (Å²) in [5, 5.41) is 12.1. The molecule has 206 valence electrons. The molecule has 1 atom stereocenters. The van der Waals surface area contributed by atoms with Gasteiger partial charge in [-0.2, -0.15) is 13.2 Å². The summed E-state index contributed by atoms with van der Waals surface area (Å²) in [5.41, 5.74) is 1.44. The highest BCUT2D eigenvalue weighted by Gasteiger charge is 2.30. The van der Waals surface area contributed by atoms with E-state index in [0.717, 1.165) is 35.4 Å². The number of carbonyl (C=O) groups excluding carboxylic acids is 1. The Morgan fingerprint density at radius 3 is 1.80 bits per heavy atom. The summed E-state index contributed by atoms with van der Waals surface area (Å²) in [6, 6.07) is 26.3. The number of carboxylic acids is 1. The second-order valence-corrected chi connectivity index (χ2v) is 8.97. The molecule has 0 bridgehead atoms. The highest BCUT2D eigenvalue weighted by atomic mass is 19.4. The molecular formula is C31H26F3NO5. The van der Waals surface area contributed by atoms with Crippen LogP contribution in [-0.2, 0) is 30.6 Å². The second kappa shape index (κ2) is 12.8. The predicted molar refractivity (Wildman–Crippen MR) is 142 cm³/mol. The van der Waals surface area contributed by atoms with E-state index in [2.05, 4.69) is 5.32 Å². The van der Waals surface area contributed by atoms with Crippen molar-refractivity contribution in [3.63, 3.8) is 0 Å². The monoisotopic (exact) mass is 549 g/mol. The van der Waals surface area contributed by atoms with Gasteiger partial charge >= 0.3 is 12.1 Å². The fourth-order valence-corrected chi connectivity index (χ4v) is 3.87. The fourth-order valence-electron chi connectivity index (χ4n) is 3.87. The molecule has 0 saturated carbocycles.